The van der Waals surface area contributed by atoms with Gasteiger partial charge in [-0.15, -0.1) is 0 Å². The Balaban J connectivity index is 2.62. The monoisotopic (exact) mass is 230 g/mol. The van der Waals surface area contributed by atoms with Crippen LogP contribution < -0.4 is 4.74 Å². The lowest BCUT2D eigenvalue weighted by Gasteiger charge is -2.12. The number of halogens is 1. The Morgan fingerprint density at radius 1 is 1.40 bits per heavy atom. The number of aliphatic hydroxyl groups is 2. The summed E-state index contributed by atoms with van der Waals surface area (Å²) in [6.07, 6.45) is 0. The van der Waals surface area contributed by atoms with E-state index < -0.39 is 0 Å². The van der Waals surface area contributed by atoms with Crippen LogP contribution >= 0.6 is 11.6 Å². The van der Waals surface area contributed by atoms with Crippen molar-refractivity contribution in [2.24, 2.45) is 5.92 Å². The van der Waals surface area contributed by atoms with E-state index in [1.807, 2.05) is 6.92 Å². The van der Waals surface area contributed by atoms with Crippen molar-refractivity contribution in [1.29, 1.82) is 0 Å². The normalized spacial score (nSPS) is 12.5. The van der Waals surface area contributed by atoms with Crippen molar-refractivity contribution in [2.45, 2.75) is 13.5 Å². The van der Waals surface area contributed by atoms with Crippen LogP contribution in [0.25, 0.3) is 0 Å². The van der Waals surface area contributed by atoms with Gasteiger partial charge in [0.1, 0.15) is 5.75 Å². The molecule has 1 aromatic rings. The van der Waals surface area contributed by atoms with Crippen molar-refractivity contribution >= 4 is 11.6 Å². The quantitative estimate of drug-likeness (QED) is 0.812. The van der Waals surface area contributed by atoms with Gasteiger partial charge >= 0.3 is 0 Å². The Morgan fingerprint density at radius 2 is 2.13 bits per heavy atom. The molecule has 0 saturated carbocycles. The highest BCUT2D eigenvalue weighted by atomic mass is 35.5. The first-order valence-electron chi connectivity index (χ1n) is 4.80. The molecular formula is C11H15ClO3. The average Bonchev–Trinajstić information content (AvgIpc) is 2.26. The summed E-state index contributed by atoms with van der Waals surface area (Å²) in [4.78, 5) is 0. The molecule has 1 atom stereocenters. The number of hydrogen-bond acceptors (Lipinski definition) is 3. The van der Waals surface area contributed by atoms with Gasteiger partial charge in [-0.1, -0.05) is 24.6 Å². The fourth-order valence-electron chi connectivity index (χ4n) is 1.04. The predicted molar refractivity (Wildman–Crippen MR) is 59.1 cm³/mol. The van der Waals surface area contributed by atoms with E-state index in [0.717, 1.165) is 5.56 Å². The summed E-state index contributed by atoms with van der Waals surface area (Å²) in [6.45, 7) is 2.37. The number of aliphatic hydroxyl groups excluding tert-OH is 2. The van der Waals surface area contributed by atoms with Gasteiger partial charge in [0.15, 0.2) is 0 Å². The fraction of sp³-hybridized carbons (Fsp3) is 0.455. The molecule has 0 aliphatic rings. The average molecular weight is 231 g/mol. The zero-order valence-electron chi connectivity index (χ0n) is 8.61. The Bertz CT molecular complexity index is 315. The second-order valence-electron chi connectivity index (χ2n) is 3.52. The highest BCUT2D eigenvalue weighted by molar-refractivity contribution is 6.32. The maximum atomic E-state index is 8.88. The molecule has 0 saturated heterocycles. The summed E-state index contributed by atoms with van der Waals surface area (Å²) in [5, 5.41) is 18.2. The van der Waals surface area contributed by atoms with Crippen LogP contribution in [0.4, 0.5) is 0 Å². The number of ether oxygens (including phenoxy) is 1. The van der Waals surface area contributed by atoms with Crippen molar-refractivity contribution in [3.05, 3.63) is 28.8 Å². The zero-order chi connectivity index (χ0) is 11.3. The number of benzene rings is 1. The lowest BCUT2D eigenvalue weighted by Crippen LogP contribution is -2.12. The summed E-state index contributed by atoms with van der Waals surface area (Å²) in [7, 11) is 0. The van der Waals surface area contributed by atoms with Crippen LogP contribution in [0.5, 0.6) is 5.75 Å². The molecule has 0 radical (unpaired) electrons. The van der Waals surface area contributed by atoms with Crippen LogP contribution in [0.1, 0.15) is 12.5 Å². The van der Waals surface area contributed by atoms with Gasteiger partial charge in [-0.3, -0.25) is 0 Å². The molecule has 0 spiro atoms. The first-order chi connectivity index (χ1) is 7.17. The first kappa shape index (κ1) is 12.3. The van der Waals surface area contributed by atoms with Crippen molar-refractivity contribution in [2.75, 3.05) is 13.2 Å². The minimum atomic E-state index is -0.0347. The lowest BCUT2D eigenvalue weighted by atomic mass is 10.2. The van der Waals surface area contributed by atoms with Crippen LogP contribution in [-0.4, -0.2) is 23.4 Å². The number of rotatable bonds is 5. The lowest BCUT2D eigenvalue weighted by molar-refractivity contribution is 0.174. The van der Waals surface area contributed by atoms with Gasteiger partial charge in [-0.2, -0.15) is 0 Å². The molecule has 0 amide bonds. The van der Waals surface area contributed by atoms with Crippen LogP contribution in [0.15, 0.2) is 18.2 Å². The first-order valence-corrected chi connectivity index (χ1v) is 5.18. The highest BCUT2D eigenvalue weighted by Crippen LogP contribution is 2.25. The van der Waals surface area contributed by atoms with Crippen LogP contribution in [0, 0.1) is 5.92 Å². The minimum Gasteiger partial charge on any atom is -0.492 e. The molecule has 0 aromatic heterocycles. The number of hydrogen-bond donors (Lipinski definition) is 2. The third-order valence-electron chi connectivity index (χ3n) is 2.01. The van der Waals surface area contributed by atoms with Crippen molar-refractivity contribution in [1.82, 2.24) is 0 Å². The second kappa shape index (κ2) is 5.95. The third-order valence-corrected chi connectivity index (χ3v) is 2.31. The van der Waals surface area contributed by atoms with Crippen molar-refractivity contribution < 1.29 is 14.9 Å². The van der Waals surface area contributed by atoms with Crippen molar-refractivity contribution in [3.63, 3.8) is 0 Å². The van der Waals surface area contributed by atoms with Gasteiger partial charge in [0, 0.05) is 12.5 Å². The molecule has 0 aliphatic heterocycles. The molecule has 84 valence electrons. The van der Waals surface area contributed by atoms with Crippen LogP contribution in [0.2, 0.25) is 5.02 Å². The van der Waals surface area contributed by atoms with Gasteiger partial charge in [0.05, 0.1) is 18.2 Å². The van der Waals surface area contributed by atoms with Gasteiger partial charge < -0.3 is 14.9 Å². The summed E-state index contributed by atoms with van der Waals surface area (Å²) in [5.74, 6) is 0.660. The van der Waals surface area contributed by atoms with E-state index in [0.29, 0.717) is 17.4 Å². The van der Waals surface area contributed by atoms with Gasteiger partial charge in [-0.25, -0.2) is 0 Å². The molecule has 2 N–H and O–H groups in total. The maximum absolute atomic E-state index is 8.88. The van der Waals surface area contributed by atoms with Crippen LogP contribution in [0.3, 0.4) is 0 Å². The molecule has 0 fully saturated rings. The fourth-order valence-corrected chi connectivity index (χ4v) is 1.30. The van der Waals surface area contributed by atoms with Gasteiger partial charge in [-0.05, 0) is 17.7 Å². The van der Waals surface area contributed by atoms with E-state index in [1.54, 1.807) is 18.2 Å². The minimum absolute atomic E-state index is 0.0347. The van der Waals surface area contributed by atoms with E-state index in [4.69, 9.17) is 26.6 Å². The molecule has 4 heteroatoms. The van der Waals surface area contributed by atoms with E-state index in [1.165, 1.54) is 0 Å². The molecule has 1 unspecified atom stereocenters. The smallest absolute Gasteiger partial charge is 0.137 e. The Morgan fingerprint density at radius 3 is 2.67 bits per heavy atom. The molecule has 0 aliphatic carbocycles. The third kappa shape index (κ3) is 3.70. The summed E-state index contributed by atoms with van der Waals surface area (Å²) in [6, 6.07) is 5.14. The van der Waals surface area contributed by atoms with E-state index >= 15 is 0 Å². The molecule has 0 heterocycles. The maximum Gasteiger partial charge on any atom is 0.137 e. The Kier molecular flexibility index (Phi) is 4.88. The topological polar surface area (TPSA) is 49.7 Å². The van der Waals surface area contributed by atoms with Gasteiger partial charge in [0.2, 0.25) is 0 Å². The molecule has 1 aromatic carbocycles. The zero-order valence-corrected chi connectivity index (χ0v) is 9.37. The standard InChI is InChI=1S/C11H15ClO3/c1-8(5-13)7-15-11-3-2-9(6-14)4-10(11)12/h2-4,8,13-14H,5-7H2,1H3. The van der Waals surface area contributed by atoms with E-state index in [9.17, 15) is 0 Å². The van der Waals surface area contributed by atoms with E-state index in [-0.39, 0.29) is 19.1 Å². The molecule has 1 rings (SSSR count). The summed E-state index contributed by atoms with van der Waals surface area (Å²) >= 11 is 5.94. The largest absolute Gasteiger partial charge is 0.492 e. The predicted octanol–water partition coefficient (Wildman–Crippen LogP) is 1.84. The molecule has 15 heavy (non-hydrogen) atoms. The SMILES string of the molecule is CC(CO)COc1ccc(CO)cc1Cl. The summed E-state index contributed by atoms with van der Waals surface area (Å²) < 4.78 is 5.42. The molecular weight excluding hydrogens is 216 g/mol. The second-order valence-corrected chi connectivity index (χ2v) is 3.93. The van der Waals surface area contributed by atoms with Crippen molar-refractivity contribution in [3.8, 4) is 5.75 Å². The van der Waals surface area contributed by atoms with E-state index in [2.05, 4.69) is 0 Å². The Labute approximate surface area is 94.3 Å². The molecule has 0 bridgehead atoms. The van der Waals surface area contributed by atoms with Gasteiger partial charge in [0.25, 0.3) is 0 Å². The van der Waals surface area contributed by atoms with Crippen LogP contribution in [-0.2, 0) is 6.61 Å². The summed E-state index contributed by atoms with van der Waals surface area (Å²) in [5.41, 5.74) is 0.752. The molecule has 3 nitrogen and oxygen atoms in total. The highest BCUT2D eigenvalue weighted by Gasteiger charge is 2.05. The Hall–Kier alpha value is -0.770.